The lowest BCUT2D eigenvalue weighted by molar-refractivity contribution is -0.140. The molecule has 540 valence electrons. The van der Waals surface area contributed by atoms with Crippen molar-refractivity contribution in [3.63, 3.8) is 0 Å². The fourth-order valence-electron chi connectivity index (χ4n) is 9.00. The normalized spacial score (nSPS) is 10.6. The summed E-state index contributed by atoms with van der Waals surface area (Å²) in [6.45, 7) is 22.0. The lowest BCUT2D eigenvalue weighted by Crippen LogP contribution is -2.54. The molecule has 5 rings (SSSR count). The predicted octanol–water partition coefficient (Wildman–Crippen LogP) is 6.86. The predicted molar refractivity (Wildman–Crippen MR) is 368 cm³/mol. The molecule has 5 aromatic rings. The van der Waals surface area contributed by atoms with E-state index in [9.17, 15) is 67.1 Å². The molecule has 4 amide bonds. The van der Waals surface area contributed by atoms with Gasteiger partial charge in [-0.1, -0.05) is 77.6 Å². The molecule has 0 unspecified atom stereocenters. The molecule has 0 bridgehead atoms. The van der Waals surface area contributed by atoms with Crippen molar-refractivity contribution in [2.24, 2.45) is 0 Å². The number of hydrogen-bond acceptors (Lipinski definition) is 22. The molecule has 0 saturated carbocycles. The van der Waals surface area contributed by atoms with Gasteiger partial charge in [-0.3, -0.25) is 16.0 Å². The molecular formula is C68H86N10O22. The van der Waals surface area contributed by atoms with Crippen molar-refractivity contribution in [3.8, 4) is 17.1 Å². The molecule has 32 heteroatoms. The Morgan fingerprint density at radius 2 is 0.590 bits per heavy atom. The number of hydrogen-bond donors (Lipinski definition) is 4. The van der Waals surface area contributed by atoms with Crippen LogP contribution in [0.2, 0.25) is 0 Å². The lowest BCUT2D eigenvalue weighted by atomic mass is 10.1. The second-order valence-electron chi connectivity index (χ2n) is 22.5. The van der Waals surface area contributed by atoms with E-state index in [1.165, 1.54) is 82.3 Å². The van der Waals surface area contributed by atoms with Gasteiger partial charge in [-0.15, -0.1) is 0 Å². The summed E-state index contributed by atoms with van der Waals surface area (Å²) in [4.78, 5) is 185. The van der Waals surface area contributed by atoms with Gasteiger partial charge in [0.05, 0.1) is 17.1 Å². The molecule has 4 N–H and O–H groups in total. The van der Waals surface area contributed by atoms with Crippen LogP contribution in [0.3, 0.4) is 0 Å². The zero-order chi connectivity index (χ0) is 73.0. The van der Waals surface area contributed by atoms with Gasteiger partial charge in [0.2, 0.25) is 0 Å². The standard InChI is InChI=1S/C67H82N10O22.CH4/c1-41(2)54(78)92-30-34-96-58(82)68-26-16-12-13-17-27-72-62(86)73(64(88)75(63(72)87)48-23-20-45(9)51(38-48)69-59(83)97-35-31-93-55(79)42(3)4)28-18-14-15-19-29-74-65(89)76(49-24-21-46(10)52(39-49)70-60(84)98-36-32-94-56(80)43(5)6)67(91)77(66(74)90)50-25-22-47(11)53(40-50)71-61(85)99-37-33-95-57(81)44(7)8;/h20-25,38-40H,1,3,5,7,12-19,26-37H2,2,4,6,8-11H3,(H,68,82)(H,69,83)(H,70,84)(H,71,85);1H4. The summed E-state index contributed by atoms with van der Waals surface area (Å²) < 4.78 is 45.1. The number of alkyl carbamates (subject to hydrolysis) is 1. The summed E-state index contributed by atoms with van der Waals surface area (Å²) >= 11 is 0. The topological polar surface area (TPSA) is 391 Å². The smallest absolute Gasteiger partial charge is 0.411 e. The van der Waals surface area contributed by atoms with E-state index in [1.54, 1.807) is 20.8 Å². The summed E-state index contributed by atoms with van der Waals surface area (Å²) in [5.41, 5.74) is -4.20. The molecule has 2 aromatic heterocycles. The van der Waals surface area contributed by atoms with Crippen molar-refractivity contribution in [1.29, 1.82) is 0 Å². The van der Waals surface area contributed by atoms with Crippen molar-refractivity contribution in [3.05, 3.63) is 183 Å². The van der Waals surface area contributed by atoms with Crippen LogP contribution in [0.5, 0.6) is 0 Å². The molecule has 32 nitrogen and oxygen atoms in total. The van der Waals surface area contributed by atoms with Crippen LogP contribution in [0.25, 0.3) is 17.1 Å². The molecule has 0 atom stereocenters. The maximum absolute atomic E-state index is 14.7. The third-order valence-electron chi connectivity index (χ3n) is 14.4. The Balaban J connectivity index is 0.0000212. The second kappa shape index (κ2) is 39.6. The fourth-order valence-corrected chi connectivity index (χ4v) is 9.00. The molecule has 100 heavy (non-hydrogen) atoms. The molecule has 0 aliphatic rings. The molecule has 0 aliphatic heterocycles. The number of ether oxygens (including phenoxy) is 8. The number of amides is 4. The van der Waals surface area contributed by atoms with E-state index in [0.29, 0.717) is 45.1 Å². The minimum absolute atomic E-state index is 0. The fraction of sp³-hybridized carbons (Fsp3) is 0.412. The number of anilines is 3. The van der Waals surface area contributed by atoms with Crippen LogP contribution in [0.4, 0.5) is 36.2 Å². The van der Waals surface area contributed by atoms with Gasteiger partial charge < -0.3 is 43.2 Å². The van der Waals surface area contributed by atoms with Crippen LogP contribution in [0.15, 0.2) is 132 Å². The van der Waals surface area contributed by atoms with E-state index in [-0.39, 0.29) is 175 Å². The van der Waals surface area contributed by atoms with Crippen molar-refractivity contribution >= 4 is 65.3 Å². The van der Waals surface area contributed by atoms with Crippen LogP contribution in [-0.2, 0) is 76.7 Å². The minimum Gasteiger partial charge on any atom is -0.459 e. The van der Waals surface area contributed by atoms with Crippen molar-refractivity contribution < 1.29 is 76.3 Å². The highest BCUT2D eigenvalue weighted by Gasteiger charge is 2.23. The van der Waals surface area contributed by atoms with Gasteiger partial charge >= 0.3 is 82.4 Å². The van der Waals surface area contributed by atoms with Crippen LogP contribution >= 0.6 is 0 Å². The zero-order valence-corrected chi connectivity index (χ0v) is 56.3. The SMILES string of the molecule is C.C=C(C)C(=O)OCCOC(=O)NCCCCCCn1c(=O)n(CCCCCCn2c(=O)n(-c3ccc(C)c(NC(=O)OCCOC(=O)C(=C)C)c3)c(=O)n(-c3ccc(C)c(NC(=O)OCCOC(=O)C(=C)C)c3)c2=O)c(=O)n(-c2ccc(C)c(NC(=O)OCCOC(=O)C(=C)C)c2)c1=O. The Bertz CT molecular complexity index is 4150. The number of unbranched alkanes of at least 4 members (excludes halogenated alkanes) is 6. The summed E-state index contributed by atoms with van der Waals surface area (Å²) in [6.07, 6.45) is -1.14. The molecular weight excluding hydrogens is 1310 g/mol. The average Bonchev–Trinajstić information content (AvgIpc) is 0.762. The van der Waals surface area contributed by atoms with Crippen LogP contribution < -0.4 is 55.4 Å². The van der Waals surface area contributed by atoms with Gasteiger partial charge in [0, 0.05) is 65.5 Å². The van der Waals surface area contributed by atoms with Crippen molar-refractivity contribution in [2.75, 3.05) is 75.4 Å². The van der Waals surface area contributed by atoms with Gasteiger partial charge in [-0.2, -0.15) is 0 Å². The number of nitrogens with zero attached hydrogens (tertiary/aromatic N) is 6. The first kappa shape index (κ1) is 80.8. The second-order valence-corrected chi connectivity index (χ2v) is 22.5. The largest absolute Gasteiger partial charge is 0.459 e. The van der Waals surface area contributed by atoms with Crippen LogP contribution in [-0.4, -0.2) is 135 Å². The Labute approximate surface area is 574 Å². The number of esters is 4. The van der Waals surface area contributed by atoms with Gasteiger partial charge in [0.1, 0.15) is 52.9 Å². The highest BCUT2D eigenvalue weighted by atomic mass is 16.6. The average molecular weight is 1400 g/mol. The molecule has 0 aliphatic carbocycles. The summed E-state index contributed by atoms with van der Waals surface area (Å²) in [7, 11) is 0. The van der Waals surface area contributed by atoms with Gasteiger partial charge in [-0.25, -0.2) is 94.5 Å². The first-order valence-electron chi connectivity index (χ1n) is 31.3. The molecule has 2 heterocycles. The number of nitrogens with one attached hydrogen (secondary N) is 4. The lowest BCUT2D eigenvalue weighted by Gasteiger charge is -2.17. The highest BCUT2D eigenvalue weighted by molar-refractivity contribution is 5.90. The van der Waals surface area contributed by atoms with E-state index in [0.717, 1.165) is 18.3 Å². The summed E-state index contributed by atoms with van der Waals surface area (Å²) in [5, 5.41) is 10.2. The third kappa shape index (κ3) is 23.9. The van der Waals surface area contributed by atoms with Crippen molar-refractivity contribution in [2.45, 2.75) is 127 Å². The van der Waals surface area contributed by atoms with E-state index >= 15 is 0 Å². The first-order valence-corrected chi connectivity index (χ1v) is 31.3. The van der Waals surface area contributed by atoms with Gasteiger partial charge in [0.25, 0.3) is 0 Å². The van der Waals surface area contributed by atoms with Crippen molar-refractivity contribution in [1.82, 2.24) is 32.7 Å². The quantitative estimate of drug-likeness (QED) is 0.0138. The van der Waals surface area contributed by atoms with Crippen LogP contribution in [0, 0.1) is 20.8 Å². The van der Waals surface area contributed by atoms with E-state index in [2.05, 4.69) is 47.6 Å². The van der Waals surface area contributed by atoms with Gasteiger partial charge in [0.15, 0.2) is 0 Å². The minimum atomic E-state index is -1.16. The van der Waals surface area contributed by atoms with E-state index < -0.39 is 82.4 Å². The molecule has 3 aromatic carbocycles. The summed E-state index contributed by atoms with van der Waals surface area (Å²) in [5.74, 6) is -2.69. The van der Waals surface area contributed by atoms with Crippen LogP contribution in [0.1, 0.15) is 103 Å². The first-order chi connectivity index (χ1) is 47.0. The Morgan fingerprint density at radius 3 is 0.880 bits per heavy atom. The molecule has 0 radical (unpaired) electrons. The monoisotopic (exact) mass is 1390 g/mol. The molecule has 0 fully saturated rings. The van der Waals surface area contributed by atoms with E-state index in [1.807, 2.05) is 0 Å². The number of carbonyl (C=O) groups is 8. The number of benzene rings is 3. The number of rotatable bonds is 36. The maximum Gasteiger partial charge on any atom is 0.411 e. The van der Waals surface area contributed by atoms with E-state index in [4.69, 9.17) is 37.9 Å². The zero-order valence-electron chi connectivity index (χ0n) is 56.3. The summed E-state index contributed by atoms with van der Waals surface area (Å²) in [6, 6.07) is 12.7. The third-order valence-corrected chi connectivity index (χ3v) is 14.4. The Kier molecular flexibility index (Phi) is 32.0. The number of carbonyl (C=O) groups excluding carboxylic acids is 8. The molecule has 0 spiro atoms. The number of aromatic nitrogens is 6. The maximum atomic E-state index is 14.7. The number of aryl methyl sites for hydroxylation is 3. The van der Waals surface area contributed by atoms with Gasteiger partial charge in [-0.05, 0) is 127 Å². The molecule has 0 saturated heterocycles. The Morgan fingerprint density at radius 1 is 0.340 bits per heavy atom. The highest BCUT2D eigenvalue weighted by Crippen LogP contribution is 2.22. The Hall–Kier alpha value is -11.6.